The zero-order valence-electron chi connectivity index (χ0n) is 10.6. The molecule has 0 aromatic heterocycles. The molecule has 0 aliphatic heterocycles. The van der Waals surface area contributed by atoms with E-state index in [0.29, 0.717) is 0 Å². The molecule has 3 nitrogen and oxygen atoms in total. The number of nitrogens with two attached hydrogens (primary N) is 1. The number of hydrogen-bond donors (Lipinski definition) is 2. The Morgan fingerprint density at radius 1 is 1.21 bits per heavy atom. The maximum Gasteiger partial charge on any atom is 0.431 e. The first-order chi connectivity index (χ1) is 8.59. The van der Waals surface area contributed by atoms with Gasteiger partial charge in [0.2, 0.25) is 5.72 Å². The molecule has 0 saturated heterocycles. The summed E-state index contributed by atoms with van der Waals surface area (Å²) in [5, 5.41) is 9.54. The van der Waals surface area contributed by atoms with E-state index < -0.39 is 29.5 Å². The van der Waals surface area contributed by atoms with E-state index in [1.54, 1.807) is 6.07 Å². The predicted octanol–water partition coefficient (Wildman–Crippen LogP) is 2.35. The number of ketones is 1. The highest BCUT2D eigenvalue weighted by Gasteiger charge is 2.59. The number of aliphatic hydroxyl groups is 1. The van der Waals surface area contributed by atoms with Gasteiger partial charge in [-0.05, 0) is 5.92 Å². The van der Waals surface area contributed by atoms with Gasteiger partial charge in [-0.1, -0.05) is 44.2 Å². The highest BCUT2D eigenvalue weighted by molar-refractivity contribution is 5.98. The van der Waals surface area contributed by atoms with Gasteiger partial charge in [-0.15, -0.1) is 0 Å². The molecule has 0 saturated carbocycles. The quantitative estimate of drug-likeness (QED) is 0.655. The minimum atomic E-state index is -5.08. The lowest BCUT2D eigenvalue weighted by molar-refractivity contribution is -0.275. The highest BCUT2D eigenvalue weighted by Crippen LogP contribution is 2.37. The van der Waals surface area contributed by atoms with Crippen molar-refractivity contribution in [3.8, 4) is 0 Å². The second-order valence-electron chi connectivity index (χ2n) is 4.78. The zero-order chi connectivity index (χ0) is 14.8. The molecule has 0 heterocycles. The molecule has 1 aromatic rings. The van der Waals surface area contributed by atoms with Gasteiger partial charge in [0.15, 0.2) is 5.78 Å². The van der Waals surface area contributed by atoms with Crippen LogP contribution in [-0.4, -0.2) is 22.8 Å². The fraction of sp³-hybridized carbons (Fsp3) is 0.462. The standard InChI is InChI=1S/C13H16F3NO2/c1-8(2)10(12(17,19)13(14,15)16)11(18)9-6-4-3-5-7-9/h3-8,10,19H,17H2,1-2H3. The molecule has 106 valence electrons. The van der Waals surface area contributed by atoms with E-state index >= 15 is 0 Å². The number of halogens is 3. The topological polar surface area (TPSA) is 63.3 Å². The summed E-state index contributed by atoms with van der Waals surface area (Å²) < 4.78 is 38.4. The van der Waals surface area contributed by atoms with Crippen molar-refractivity contribution in [1.82, 2.24) is 0 Å². The van der Waals surface area contributed by atoms with Crippen molar-refractivity contribution in [3.05, 3.63) is 35.9 Å². The van der Waals surface area contributed by atoms with Crippen LogP contribution in [0.25, 0.3) is 0 Å². The third kappa shape index (κ3) is 3.13. The van der Waals surface area contributed by atoms with Crippen molar-refractivity contribution >= 4 is 5.78 Å². The van der Waals surface area contributed by atoms with Crippen LogP contribution in [0.5, 0.6) is 0 Å². The van der Waals surface area contributed by atoms with E-state index in [9.17, 15) is 23.1 Å². The summed E-state index contributed by atoms with van der Waals surface area (Å²) in [6.45, 7) is 2.82. The molecule has 0 radical (unpaired) electrons. The van der Waals surface area contributed by atoms with Gasteiger partial charge in [0.1, 0.15) is 0 Å². The van der Waals surface area contributed by atoms with E-state index in [1.807, 2.05) is 0 Å². The second kappa shape index (κ2) is 5.30. The highest BCUT2D eigenvalue weighted by atomic mass is 19.4. The number of rotatable bonds is 4. The predicted molar refractivity (Wildman–Crippen MR) is 64.3 cm³/mol. The largest absolute Gasteiger partial charge is 0.431 e. The summed E-state index contributed by atoms with van der Waals surface area (Å²) in [7, 11) is 0. The first-order valence-electron chi connectivity index (χ1n) is 5.76. The maximum atomic E-state index is 12.8. The van der Waals surface area contributed by atoms with E-state index in [2.05, 4.69) is 0 Å². The van der Waals surface area contributed by atoms with E-state index in [0.717, 1.165) is 0 Å². The van der Waals surface area contributed by atoms with Crippen molar-refractivity contribution in [1.29, 1.82) is 0 Å². The van der Waals surface area contributed by atoms with Crippen molar-refractivity contribution in [2.45, 2.75) is 25.7 Å². The van der Waals surface area contributed by atoms with Gasteiger partial charge >= 0.3 is 6.18 Å². The van der Waals surface area contributed by atoms with Crippen LogP contribution in [-0.2, 0) is 0 Å². The van der Waals surface area contributed by atoms with Crippen LogP contribution in [0.15, 0.2) is 30.3 Å². The Balaban J connectivity index is 3.20. The van der Waals surface area contributed by atoms with Crippen molar-refractivity contribution in [2.75, 3.05) is 0 Å². The molecule has 0 aliphatic carbocycles. The average Bonchev–Trinajstić information content (AvgIpc) is 2.27. The Bertz CT molecular complexity index is 441. The molecule has 0 spiro atoms. The summed E-state index contributed by atoms with van der Waals surface area (Å²) in [5.74, 6) is -3.34. The first-order valence-corrected chi connectivity index (χ1v) is 5.76. The molecular weight excluding hydrogens is 259 g/mol. The number of alkyl halides is 3. The van der Waals surface area contributed by atoms with Gasteiger partial charge in [-0.2, -0.15) is 13.2 Å². The minimum absolute atomic E-state index is 0.0920. The Kier molecular flexibility index (Phi) is 4.37. The molecule has 0 amide bonds. The number of benzene rings is 1. The van der Waals surface area contributed by atoms with Crippen LogP contribution in [0.4, 0.5) is 13.2 Å². The van der Waals surface area contributed by atoms with Crippen LogP contribution in [0.3, 0.4) is 0 Å². The van der Waals surface area contributed by atoms with E-state index in [1.165, 1.54) is 38.1 Å². The molecule has 0 aliphatic rings. The van der Waals surface area contributed by atoms with Crippen molar-refractivity contribution in [3.63, 3.8) is 0 Å². The Morgan fingerprint density at radius 3 is 2.05 bits per heavy atom. The summed E-state index contributed by atoms with van der Waals surface area (Å²) in [6.07, 6.45) is -5.08. The van der Waals surface area contributed by atoms with Crippen molar-refractivity contribution < 1.29 is 23.1 Å². The minimum Gasteiger partial charge on any atom is -0.367 e. The first kappa shape index (κ1) is 15.7. The van der Waals surface area contributed by atoms with Crippen LogP contribution in [0.1, 0.15) is 24.2 Å². The van der Waals surface area contributed by atoms with Gasteiger partial charge in [0.25, 0.3) is 0 Å². The van der Waals surface area contributed by atoms with Crippen LogP contribution < -0.4 is 5.73 Å². The SMILES string of the molecule is CC(C)C(C(=O)c1ccccc1)C(N)(O)C(F)(F)F. The summed E-state index contributed by atoms with van der Waals surface area (Å²) in [5.41, 5.74) is 1.53. The molecule has 3 N–H and O–H groups in total. The summed E-state index contributed by atoms with van der Waals surface area (Å²) in [6, 6.07) is 7.50. The number of carbonyl (C=O) groups is 1. The molecule has 0 bridgehead atoms. The Morgan fingerprint density at radius 2 is 1.68 bits per heavy atom. The smallest absolute Gasteiger partial charge is 0.367 e. The fourth-order valence-electron chi connectivity index (χ4n) is 1.97. The van der Waals surface area contributed by atoms with E-state index in [4.69, 9.17) is 5.73 Å². The van der Waals surface area contributed by atoms with Gasteiger partial charge < -0.3 is 5.11 Å². The molecule has 0 fully saturated rings. The van der Waals surface area contributed by atoms with Gasteiger partial charge in [-0.3, -0.25) is 10.5 Å². The molecule has 1 aromatic carbocycles. The molecular formula is C13H16F3NO2. The number of hydrogen-bond acceptors (Lipinski definition) is 3. The van der Waals surface area contributed by atoms with Gasteiger partial charge in [0, 0.05) is 5.56 Å². The summed E-state index contributed by atoms with van der Waals surface area (Å²) >= 11 is 0. The van der Waals surface area contributed by atoms with Crippen LogP contribution in [0.2, 0.25) is 0 Å². The van der Waals surface area contributed by atoms with Crippen LogP contribution in [0, 0.1) is 11.8 Å². The monoisotopic (exact) mass is 275 g/mol. The molecule has 2 unspecified atom stereocenters. The lowest BCUT2D eigenvalue weighted by Gasteiger charge is -2.35. The second-order valence-corrected chi connectivity index (χ2v) is 4.78. The third-order valence-electron chi connectivity index (χ3n) is 2.94. The van der Waals surface area contributed by atoms with Gasteiger partial charge in [0.05, 0.1) is 5.92 Å². The molecule has 19 heavy (non-hydrogen) atoms. The molecule has 1 rings (SSSR count). The number of carbonyl (C=O) groups excluding carboxylic acids is 1. The van der Waals surface area contributed by atoms with Crippen LogP contribution >= 0.6 is 0 Å². The lowest BCUT2D eigenvalue weighted by Crippen LogP contribution is -2.62. The lowest BCUT2D eigenvalue weighted by atomic mass is 9.79. The number of Topliss-reactive ketones (excluding diaryl/α,β-unsaturated/α-hetero) is 1. The Labute approximate surface area is 109 Å². The molecule has 6 heteroatoms. The average molecular weight is 275 g/mol. The third-order valence-corrected chi connectivity index (χ3v) is 2.94. The Hall–Kier alpha value is -1.40. The molecule has 2 atom stereocenters. The summed E-state index contributed by atoms with van der Waals surface area (Å²) in [4.78, 5) is 12.1. The normalized spacial score (nSPS) is 17.1. The fourth-order valence-corrected chi connectivity index (χ4v) is 1.97. The van der Waals surface area contributed by atoms with Gasteiger partial charge in [-0.25, -0.2) is 0 Å². The van der Waals surface area contributed by atoms with Crippen molar-refractivity contribution in [2.24, 2.45) is 17.6 Å². The zero-order valence-corrected chi connectivity index (χ0v) is 10.6. The van der Waals surface area contributed by atoms with E-state index in [-0.39, 0.29) is 5.56 Å². The maximum absolute atomic E-state index is 12.8.